The molecule has 0 unspecified atom stereocenters. The van der Waals surface area contributed by atoms with Crippen molar-refractivity contribution >= 4 is 17.7 Å². The Labute approximate surface area is 94.4 Å². The fourth-order valence-electron chi connectivity index (χ4n) is 1.01. The summed E-state index contributed by atoms with van der Waals surface area (Å²) in [5.74, 6) is -0.538. The number of nitrogens with two attached hydrogens (primary N) is 1. The maximum atomic E-state index is 10.4. The van der Waals surface area contributed by atoms with Gasteiger partial charge in [0.2, 0.25) is 0 Å². The molecule has 1 amide bonds. The van der Waals surface area contributed by atoms with E-state index in [1.54, 1.807) is 13.0 Å². The molecule has 0 aromatic heterocycles. The summed E-state index contributed by atoms with van der Waals surface area (Å²) < 4.78 is 0. The number of amides is 1. The number of benzene rings is 1. The summed E-state index contributed by atoms with van der Waals surface area (Å²) in [5, 5.41) is 3.71. The van der Waals surface area contributed by atoms with Crippen molar-refractivity contribution in [1.29, 1.82) is 0 Å². The van der Waals surface area contributed by atoms with Crippen LogP contribution in [0.2, 0.25) is 0 Å². The number of hydrogen-bond donors (Lipinski definition) is 1. The van der Waals surface area contributed by atoms with Crippen LogP contribution < -0.4 is 5.73 Å². The van der Waals surface area contributed by atoms with Crippen LogP contribution in [0.1, 0.15) is 12.5 Å². The van der Waals surface area contributed by atoms with Gasteiger partial charge in [0.25, 0.3) is 5.91 Å². The van der Waals surface area contributed by atoms with Gasteiger partial charge in [0.15, 0.2) is 6.61 Å². The number of carbonyl (C=O) groups is 1. The van der Waals surface area contributed by atoms with Gasteiger partial charge >= 0.3 is 0 Å². The fourth-order valence-corrected chi connectivity index (χ4v) is 1.01. The molecule has 2 N–H and O–H groups in total. The lowest BCUT2D eigenvalue weighted by molar-refractivity contribution is -0.122. The van der Waals surface area contributed by atoms with E-state index in [0.717, 1.165) is 5.56 Å². The summed E-state index contributed by atoms with van der Waals surface area (Å²) >= 11 is 0. The molecule has 0 bridgehead atoms. The first-order valence-corrected chi connectivity index (χ1v) is 4.86. The fraction of sp³-hybridized carbons (Fsp3) is 0.167. The van der Waals surface area contributed by atoms with Crippen LogP contribution in [0.25, 0.3) is 6.08 Å². The first-order valence-electron chi connectivity index (χ1n) is 4.86. The molecule has 1 aromatic rings. The SMILES string of the molecule is CC(/C=C/c1ccccc1)=N\OCC(N)=O. The summed E-state index contributed by atoms with van der Waals surface area (Å²) in [4.78, 5) is 15.1. The van der Waals surface area contributed by atoms with Gasteiger partial charge in [0, 0.05) is 0 Å². The zero-order valence-corrected chi connectivity index (χ0v) is 9.09. The predicted octanol–water partition coefficient (Wildman–Crippen LogP) is 1.58. The van der Waals surface area contributed by atoms with Gasteiger partial charge in [-0.25, -0.2) is 0 Å². The molecular formula is C12H14N2O2. The molecule has 4 nitrogen and oxygen atoms in total. The largest absolute Gasteiger partial charge is 0.385 e. The molecule has 0 heterocycles. The van der Waals surface area contributed by atoms with Gasteiger partial charge in [0.05, 0.1) is 5.71 Å². The molecule has 0 aliphatic rings. The minimum atomic E-state index is -0.538. The average Bonchev–Trinajstić information content (AvgIpc) is 2.27. The highest BCUT2D eigenvalue weighted by atomic mass is 16.6. The molecule has 0 spiro atoms. The van der Waals surface area contributed by atoms with Crippen LogP contribution in [-0.2, 0) is 9.63 Å². The molecule has 16 heavy (non-hydrogen) atoms. The monoisotopic (exact) mass is 218 g/mol. The van der Waals surface area contributed by atoms with Crippen LogP contribution in [-0.4, -0.2) is 18.2 Å². The molecule has 0 saturated carbocycles. The number of oxime groups is 1. The van der Waals surface area contributed by atoms with Crippen molar-refractivity contribution in [2.75, 3.05) is 6.61 Å². The summed E-state index contributed by atoms with van der Waals surface area (Å²) in [6.45, 7) is 1.58. The van der Waals surface area contributed by atoms with Gasteiger partial charge in [-0.05, 0) is 18.6 Å². The van der Waals surface area contributed by atoms with Gasteiger partial charge in [-0.1, -0.05) is 41.6 Å². The first kappa shape index (κ1) is 12.0. The molecular weight excluding hydrogens is 204 g/mol. The van der Waals surface area contributed by atoms with Crippen molar-refractivity contribution in [3.63, 3.8) is 0 Å². The Kier molecular flexibility index (Phi) is 4.79. The number of hydrogen-bond acceptors (Lipinski definition) is 3. The van der Waals surface area contributed by atoms with Crippen molar-refractivity contribution in [2.45, 2.75) is 6.92 Å². The first-order chi connectivity index (χ1) is 7.68. The molecule has 0 radical (unpaired) electrons. The van der Waals surface area contributed by atoms with Crippen molar-refractivity contribution in [1.82, 2.24) is 0 Å². The standard InChI is InChI=1S/C12H14N2O2/c1-10(14-16-9-12(13)15)7-8-11-5-3-2-4-6-11/h2-8H,9H2,1H3,(H2,13,15)/b8-7+,14-10+. The van der Waals surface area contributed by atoms with E-state index in [1.807, 2.05) is 36.4 Å². The number of carbonyl (C=O) groups excluding carboxylic acids is 1. The lowest BCUT2D eigenvalue weighted by atomic mass is 10.2. The lowest BCUT2D eigenvalue weighted by Crippen LogP contribution is -2.16. The molecule has 0 aliphatic carbocycles. The Morgan fingerprint density at radius 3 is 2.75 bits per heavy atom. The molecule has 4 heteroatoms. The highest BCUT2D eigenvalue weighted by Crippen LogP contribution is 2.01. The smallest absolute Gasteiger partial charge is 0.258 e. The molecule has 1 aromatic carbocycles. The number of nitrogens with zero attached hydrogens (tertiary/aromatic N) is 1. The highest BCUT2D eigenvalue weighted by Gasteiger charge is 1.92. The van der Waals surface area contributed by atoms with Crippen LogP contribution in [0.3, 0.4) is 0 Å². The zero-order chi connectivity index (χ0) is 11.8. The maximum Gasteiger partial charge on any atom is 0.258 e. The van der Waals surface area contributed by atoms with Crippen LogP contribution in [0.4, 0.5) is 0 Å². The molecule has 0 fully saturated rings. The summed E-state index contributed by atoms with van der Waals surface area (Å²) in [6.07, 6.45) is 3.71. The third-order valence-corrected chi connectivity index (χ3v) is 1.73. The third kappa shape index (κ3) is 4.95. The van der Waals surface area contributed by atoms with Gasteiger partial charge in [-0.15, -0.1) is 0 Å². The second-order valence-corrected chi connectivity index (χ2v) is 3.22. The van der Waals surface area contributed by atoms with Crippen LogP contribution in [0.15, 0.2) is 41.6 Å². The molecule has 0 aliphatic heterocycles. The van der Waals surface area contributed by atoms with Gasteiger partial charge in [-0.2, -0.15) is 0 Å². The van der Waals surface area contributed by atoms with Gasteiger partial charge < -0.3 is 10.6 Å². The van der Waals surface area contributed by atoms with Crippen LogP contribution >= 0.6 is 0 Å². The minimum absolute atomic E-state index is 0.198. The second-order valence-electron chi connectivity index (χ2n) is 3.22. The number of rotatable bonds is 5. The number of primary amides is 1. The van der Waals surface area contributed by atoms with Crippen molar-refractivity contribution in [3.05, 3.63) is 42.0 Å². The Hall–Kier alpha value is -2.10. The summed E-state index contributed by atoms with van der Waals surface area (Å²) in [6, 6.07) is 9.82. The predicted molar refractivity (Wildman–Crippen MR) is 63.7 cm³/mol. The van der Waals surface area contributed by atoms with E-state index in [-0.39, 0.29) is 6.61 Å². The lowest BCUT2D eigenvalue weighted by Gasteiger charge is -1.95. The van der Waals surface area contributed by atoms with E-state index in [2.05, 4.69) is 5.16 Å². The normalized spacial score (nSPS) is 11.7. The number of allylic oxidation sites excluding steroid dienone is 1. The van der Waals surface area contributed by atoms with Gasteiger partial charge in [0.1, 0.15) is 0 Å². The van der Waals surface area contributed by atoms with Crippen molar-refractivity contribution in [3.8, 4) is 0 Å². The van der Waals surface area contributed by atoms with Crippen molar-refractivity contribution < 1.29 is 9.63 Å². The van der Waals surface area contributed by atoms with E-state index in [4.69, 9.17) is 10.6 Å². The third-order valence-electron chi connectivity index (χ3n) is 1.73. The van der Waals surface area contributed by atoms with E-state index >= 15 is 0 Å². The second kappa shape index (κ2) is 6.40. The van der Waals surface area contributed by atoms with Crippen LogP contribution in [0.5, 0.6) is 0 Å². The summed E-state index contributed by atoms with van der Waals surface area (Å²) in [5.41, 5.74) is 6.64. The van der Waals surface area contributed by atoms with E-state index in [1.165, 1.54) is 0 Å². The van der Waals surface area contributed by atoms with E-state index in [0.29, 0.717) is 5.71 Å². The maximum absolute atomic E-state index is 10.4. The molecule has 84 valence electrons. The van der Waals surface area contributed by atoms with E-state index in [9.17, 15) is 4.79 Å². The highest BCUT2D eigenvalue weighted by molar-refractivity contribution is 5.95. The Morgan fingerprint density at radius 1 is 1.44 bits per heavy atom. The Balaban J connectivity index is 2.47. The molecule has 0 atom stereocenters. The van der Waals surface area contributed by atoms with Crippen LogP contribution in [0, 0.1) is 0 Å². The van der Waals surface area contributed by atoms with E-state index < -0.39 is 5.91 Å². The van der Waals surface area contributed by atoms with Crippen molar-refractivity contribution in [2.24, 2.45) is 10.9 Å². The minimum Gasteiger partial charge on any atom is -0.385 e. The Morgan fingerprint density at radius 2 is 2.12 bits per heavy atom. The molecule has 1 rings (SSSR count). The topological polar surface area (TPSA) is 64.7 Å². The van der Waals surface area contributed by atoms with Gasteiger partial charge in [-0.3, -0.25) is 4.79 Å². The zero-order valence-electron chi connectivity index (χ0n) is 9.09. The Bertz CT molecular complexity index is 397. The average molecular weight is 218 g/mol. The summed E-state index contributed by atoms with van der Waals surface area (Å²) in [7, 11) is 0. The molecule has 0 saturated heterocycles. The quantitative estimate of drug-likeness (QED) is 0.602.